The molecule has 0 radical (unpaired) electrons. The summed E-state index contributed by atoms with van der Waals surface area (Å²) in [6.45, 7) is 1.84. The Kier molecular flexibility index (Phi) is 12.8. The quantitative estimate of drug-likeness (QED) is 0.605. The minimum absolute atomic E-state index is 0.0185. The van der Waals surface area contributed by atoms with Crippen LogP contribution in [0.1, 0.15) is 68.0 Å². The Bertz CT molecular complexity index is 560. The molecule has 146 valence electrons. The van der Waals surface area contributed by atoms with Crippen molar-refractivity contribution in [3.63, 3.8) is 0 Å². The second-order valence-electron chi connectivity index (χ2n) is 5.76. The van der Waals surface area contributed by atoms with Crippen molar-refractivity contribution < 1.29 is 34.5 Å². The fourth-order valence-corrected chi connectivity index (χ4v) is 2.86. The zero-order chi connectivity index (χ0) is 19.9. The molecule has 1 heterocycles. The van der Waals surface area contributed by atoms with E-state index in [1.54, 1.807) is 17.5 Å². The molecule has 3 N–H and O–H groups in total. The molecule has 0 saturated heterocycles. The number of aliphatic carboxylic acids is 3. The Balaban J connectivity index is 0.000000388. The van der Waals surface area contributed by atoms with Gasteiger partial charge in [-0.25, -0.2) is 0 Å². The van der Waals surface area contributed by atoms with E-state index < -0.39 is 17.9 Å². The van der Waals surface area contributed by atoms with Crippen LogP contribution in [0.25, 0.3) is 0 Å². The van der Waals surface area contributed by atoms with E-state index in [9.17, 15) is 19.2 Å². The van der Waals surface area contributed by atoms with Crippen molar-refractivity contribution in [3.8, 4) is 0 Å². The van der Waals surface area contributed by atoms with Gasteiger partial charge >= 0.3 is 17.9 Å². The molecule has 1 aliphatic rings. The first-order valence-electron chi connectivity index (χ1n) is 8.51. The van der Waals surface area contributed by atoms with Crippen LogP contribution >= 0.6 is 11.3 Å². The van der Waals surface area contributed by atoms with E-state index in [-0.39, 0.29) is 24.5 Å². The number of ketones is 1. The van der Waals surface area contributed by atoms with Crippen molar-refractivity contribution in [1.29, 1.82) is 0 Å². The summed E-state index contributed by atoms with van der Waals surface area (Å²) in [6, 6.07) is 3.48. The number of hydrogen-bond donors (Lipinski definition) is 3. The lowest BCUT2D eigenvalue weighted by Crippen LogP contribution is -2.07. The van der Waals surface area contributed by atoms with Crippen molar-refractivity contribution in [2.75, 3.05) is 0 Å². The highest BCUT2D eigenvalue weighted by molar-refractivity contribution is 7.12. The SMILES string of the molecule is CCCC(=O)O.O=C(O)C1CCCC1.O=C(O)CCC(=O)c1cccs1. The van der Waals surface area contributed by atoms with Crippen LogP contribution in [-0.2, 0) is 14.4 Å². The molecular weight excluding hydrogens is 360 g/mol. The van der Waals surface area contributed by atoms with Gasteiger partial charge in [0.1, 0.15) is 0 Å². The van der Waals surface area contributed by atoms with Crippen LogP contribution in [0.4, 0.5) is 0 Å². The third-order valence-corrected chi connectivity index (χ3v) is 4.44. The number of carbonyl (C=O) groups is 4. The van der Waals surface area contributed by atoms with Crippen LogP contribution in [-0.4, -0.2) is 39.0 Å². The average molecular weight is 386 g/mol. The van der Waals surface area contributed by atoms with Crippen LogP contribution in [0.5, 0.6) is 0 Å². The first kappa shape index (κ1) is 23.8. The normalized spacial score (nSPS) is 13.0. The summed E-state index contributed by atoms with van der Waals surface area (Å²) in [5, 5.41) is 26.4. The van der Waals surface area contributed by atoms with Crippen molar-refractivity contribution in [1.82, 2.24) is 0 Å². The van der Waals surface area contributed by atoms with Crippen LogP contribution < -0.4 is 0 Å². The molecule has 0 atom stereocenters. The summed E-state index contributed by atoms with van der Waals surface area (Å²) in [7, 11) is 0. The van der Waals surface area contributed by atoms with Gasteiger partial charge in [0.15, 0.2) is 5.78 Å². The molecule has 0 unspecified atom stereocenters. The Labute approximate surface area is 156 Å². The molecular formula is C18H26O7S. The van der Waals surface area contributed by atoms with Crippen molar-refractivity contribution in [2.24, 2.45) is 5.92 Å². The molecule has 1 aromatic heterocycles. The Morgan fingerprint density at radius 3 is 1.88 bits per heavy atom. The summed E-state index contributed by atoms with van der Waals surface area (Å²) in [5.74, 6) is -2.36. The molecule has 2 rings (SSSR count). The molecule has 0 amide bonds. The lowest BCUT2D eigenvalue weighted by molar-refractivity contribution is -0.141. The van der Waals surface area contributed by atoms with Gasteiger partial charge in [0, 0.05) is 12.8 Å². The first-order chi connectivity index (χ1) is 12.3. The van der Waals surface area contributed by atoms with Crippen LogP contribution in [0.3, 0.4) is 0 Å². The van der Waals surface area contributed by atoms with Gasteiger partial charge < -0.3 is 15.3 Å². The topological polar surface area (TPSA) is 129 Å². The van der Waals surface area contributed by atoms with Gasteiger partial charge in [0.25, 0.3) is 0 Å². The highest BCUT2D eigenvalue weighted by Gasteiger charge is 2.21. The first-order valence-corrected chi connectivity index (χ1v) is 9.39. The fraction of sp³-hybridized carbons (Fsp3) is 0.556. The zero-order valence-corrected chi connectivity index (χ0v) is 15.7. The van der Waals surface area contributed by atoms with Crippen molar-refractivity contribution >= 4 is 35.0 Å². The summed E-state index contributed by atoms with van der Waals surface area (Å²) >= 11 is 1.34. The standard InChI is InChI=1S/C8H8O3S.C6H10O2.C4H8O2/c9-6(3-4-8(10)11)7-2-1-5-12-7;7-6(8)5-3-1-2-4-5;1-2-3-4(5)6/h1-2,5H,3-4H2,(H,10,11);5H,1-4H2,(H,7,8);2-3H2,1H3,(H,5,6). The molecule has 1 aliphatic carbocycles. The number of carboxylic acids is 3. The molecule has 26 heavy (non-hydrogen) atoms. The zero-order valence-electron chi connectivity index (χ0n) is 14.8. The van der Waals surface area contributed by atoms with Gasteiger partial charge in [-0.05, 0) is 30.7 Å². The van der Waals surface area contributed by atoms with E-state index in [2.05, 4.69) is 0 Å². The molecule has 0 aliphatic heterocycles. The van der Waals surface area contributed by atoms with Crippen LogP contribution in [0.15, 0.2) is 17.5 Å². The largest absolute Gasteiger partial charge is 0.481 e. The predicted octanol–water partition coefficient (Wildman–Crippen LogP) is 3.93. The highest BCUT2D eigenvalue weighted by atomic mass is 32.1. The molecule has 0 bridgehead atoms. The summed E-state index contributed by atoms with van der Waals surface area (Å²) in [4.78, 5) is 41.7. The lowest BCUT2D eigenvalue weighted by Gasteiger charge is -1.97. The number of Topliss-reactive ketones (excluding diaryl/α,β-unsaturated/α-hetero) is 1. The monoisotopic (exact) mass is 386 g/mol. The smallest absolute Gasteiger partial charge is 0.306 e. The Hall–Kier alpha value is -2.22. The Morgan fingerprint density at radius 2 is 1.58 bits per heavy atom. The number of hydrogen-bond acceptors (Lipinski definition) is 5. The van der Waals surface area contributed by atoms with Crippen LogP contribution in [0, 0.1) is 5.92 Å². The van der Waals surface area contributed by atoms with Crippen LogP contribution in [0.2, 0.25) is 0 Å². The van der Waals surface area contributed by atoms with E-state index in [0.29, 0.717) is 11.3 Å². The highest BCUT2D eigenvalue weighted by Crippen LogP contribution is 2.24. The second kappa shape index (κ2) is 14.0. The third kappa shape index (κ3) is 12.2. The van der Waals surface area contributed by atoms with Gasteiger partial charge in [-0.3, -0.25) is 19.2 Å². The van der Waals surface area contributed by atoms with Gasteiger partial charge in [-0.15, -0.1) is 11.3 Å². The molecule has 1 aromatic rings. The van der Waals surface area contributed by atoms with Crippen molar-refractivity contribution in [2.45, 2.75) is 58.3 Å². The molecule has 8 heteroatoms. The summed E-state index contributed by atoms with van der Waals surface area (Å²) in [6.07, 6.45) is 5.04. The maximum Gasteiger partial charge on any atom is 0.306 e. The second-order valence-corrected chi connectivity index (χ2v) is 6.71. The molecule has 1 fully saturated rings. The van der Waals surface area contributed by atoms with E-state index in [4.69, 9.17) is 15.3 Å². The minimum Gasteiger partial charge on any atom is -0.481 e. The number of carbonyl (C=O) groups excluding carboxylic acids is 1. The maximum absolute atomic E-state index is 11.2. The molecule has 7 nitrogen and oxygen atoms in total. The lowest BCUT2D eigenvalue weighted by atomic mass is 10.1. The molecule has 0 spiro atoms. The maximum atomic E-state index is 11.2. The van der Waals surface area contributed by atoms with Gasteiger partial charge in [0.05, 0.1) is 17.2 Å². The predicted molar refractivity (Wildman–Crippen MR) is 97.7 cm³/mol. The summed E-state index contributed by atoms with van der Waals surface area (Å²) in [5.41, 5.74) is 0. The summed E-state index contributed by atoms with van der Waals surface area (Å²) < 4.78 is 0. The van der Waals surface area contributed by atoms with E-state index in [0.717, 1.165) is 32.1 Å². The average Bonchev–Trinajstić information content (AvgIpc) is 3.26. The minimum atomic E-state index is -0.931. The van der Waals surface area contributed by atoms with E-state index >= 15 is 0 Å². The third-order valence-electron chi connectivity index (χ3n) is 3.53. The van der Waals surface area contributed by atoms with Gasteiger partial charge in [0.2, 0.25) is 0 Å². The van der Waals surface area contributed by atoms with Gasteiger partial charge in [-0.1, -0.05) is 25.8 Å². The van der Waals surface area contributed by atoms with E-state index in [1.165, 1.54) is 11.3 Å². The fourth-order valence-electron chi connectivity index (χ4n) is 2.17. The molecule has 0 aromatic carbocycles. The van der Waals surface area contributed by atoms with E-state index in [1.807, 2.05) is 6.92 Å². The van der Waals surface area contributed by atoms with Crippen molar-refractivity contribution in [3.05, 3.63) is 22.4 Å². The van der Waals surface area contributed by atoms with Gasteiger partial charge in [-0.2, -0.15) is 0 Å². The number of carboxylic acid groups (broad SMARTS) is 3. The molecule has 1 saturated carbocycles. The Morgan fingerprint density at radius 1 is 1.00 bits per heavy atom. The number of rotatable bonds is 7. The number of thiophene rings is 1.